The number of nitrogens with zero attached hydrogens (tertiary/aromatic N) is 2. The highest BCUT2D eigenvalue weighted by Gasteiger charge is 2.12. The monoisotopic (exact) mass is 342 g/mol. The first-order valence-electron chi connectivity index (χ1n) is 6.55. The Hall–Kier alpha value is -1.92. The lowest BCUT2D eigenvalue weighted by Gasteiger charge is -2.14. The maximum absolute atomic E-state index is 6.23. The fourth-order valence-corrected chi connectivity index (χ4v) is 2.30. The lowest BCUT2D eigenvalue weighted by molar-refractivity contribution is 0.311. The highest BCUT2D eigenvalue weighted by molar-refractivity contribution is 6.35. The summed E-state index contributed by atoms with van der Waals surface area (Å²) >= 11 is 12.3. The molecular formula is C14H16Cl2N4O2. The molecule has 1 heterocycles. The maximum atomic E-state index is 6.23. The molecule has 0 aliphatic carbocycles. The van der Waals surface area contributed by atoms with Crippen LogP contribution in [0.5, 0.6) is 11.5 Å². The number of methoxy groups -OCH3 is 1. The van der Waals surface area contributed by atoms with Gasteiger partial charge in [-0.2, -0.15) is 0 Å². The van der Waals surface area contributed by atoms with Crippen LogP contribution in [0.25, 0.3) is 0 Å². The molecule has 0 bridgehead atoms. The topological polar surface area (TPSA) is 82.3 Å². The number of rotatable bonds is 6. The lowest BCUT2D eigenvalue weighted by atomic mass is 10.2. The number of halogens is 2. The van der Waals surface area contributed by atoms with E-state index in [9.17, 15) is 0 Å². The van der Waals surface area contributed by atoms with Gasteiger partial charge in [0.1, 0.15) is 17.2 Å². The van der Waals surface area contributed by atoms with Crippen LogP contribution in [0.1, 0.15) is 12.5 Å². The average Bonchev–Trinajstić information content (AvgIpc) is 2.51. The molecule has 22 heavy (non-hydrogen) atoms. The summed E-state index contributed by atoms with van der Waals surface area (Å²) in [5.74, 6) is 1.78. The number of aromatic nitrogens is 2. The van der Waals surface area contributed by atoms with E-state index in [1.165, 1.54) is 6.33 Å². The van der Waals surface area contributed by atoms with Crippen molar-refractivity contribution >= 4 is 34.8 Å². The zero-order chi connectivity index (χ0) is 16.1. The maximum Gasteiger partial charge on any atom is 0.179 e. The van der Waals surface area contributed by atoms with E-state index in [4.69, 9.17) is 38.4 Å². The van der Waals surface area contributed by atoms with Gasteiger partial charge in [-0.3, -0.25) is 0 Å². The molecule has 0 fully saturated rings. The van der Waals surface area contributed by atoms with Gasteiger partial charge in [0.15, 0.2) is 17.3 Å². The fraction of sp³-hybridized carbons (Fsp3) is 0.286. The van der Waals surface area contributed by atoms with Crippen LogP contribution in [-0.4, -0.2) is 23.7 Å². The molecule has 0 unspecified atom stereocenters. The van der Waals surface area contributed by atoms with Crippen LogP contribution in [-0.2, 0) is 6.54 Å². The van der Waals surface area contributed by atoms with E-state index >= 15 is 0 Å². The standard InChI is InChI=1S/C14H16Cl2N4O2/c1-3-22-12-9(15)4-8(5-10(12)21-2)6-18-14-11(16)13(17)19-7-20-14/h4-5,7H,3,6H2,1-2H3,(H3,17,18,19,20). The molecule has 0 aliphatic heterocycles. The fourth-order valence-electron chi connectivity index (χ4n) is 1.85. The highest BCUT2D eigenvalue weighted by Crippen LogP contribution is 2.36. The van der Waals surface area contributed by atoms with E-state index in [1.807, 2.05) is 13.0 Å². The van der Waals surface area contributed by atoms with Gasteiger partial charge in [-0.15, -0.1) is 0 Å². The van der Waals surface area contributed by atoms with E-state index in [2.05, 4.69) is 15.3 Å². The summed E-state index contributed by atoms with van der Waals surface area (Å²) < 4.78 is 10.8. The van der Waals surface area contributed by atoms with Crippen molar-refractivity contribution in [3.8, 4) is 11.5 Å². The van der Waals surface area contributed by atoms with Crippen LogP contribution in [0.15, 0.2) is 18.5 Å². The van der Waals surface area contributed by atoms with Crippen LogP contribution in [0.4, 0.5) is 11.6 Å². The molecular weight excluding hydrogens is 327 g/mol. The van der Waals surface area contributed by atoms with Crippen molar-refractivity contribution in [3.63, 3.8) is 0 Å². The Morgan fingerprint density at radius 2 is 2.05 bits per heavy atom. The van der Waals surface area contributed by atoms with Crippen molar-refractivity contribution in [2.45, 2.75) is 13.5 Å². The largest absolute Gasteiger partial charge is 0.493 e. The molecule has 0 radical (unpaired) electrons. The van der Waals surface area contributed by atoms with Crippen molar-refractivity contribution in [1.29, 1.82) is 0 Å². The first-order valence-corrected chi connectivity index (χ1v) is 7.31. The van der Waals surface area contributed by atoms with Crippen LogP contribution < -0.4 is 20.5 Å². The summed E-state index contributed by atoms with van der Waals surface area (Å²) in [6, 6.07) is 3.63. The number of nitrogens with two attached hydrogens (primary N) is 1. The number of nitrogens with one attached hydrogen (secondary N) is 1. The number of hydrogen-bond donors (Lipinski definition) is 2. The van der Waals surface area contributed by atoms with Crippen LogP contribution in [0.3, 0.4) is 0 Å². The third kappa shape index (κ3) is 3.64. The van der Waals surface area contributed by atoms with Gasteiger partial charge in [0, 0.05) is 6.54 Å². The van der Waals surface area contributed by atoms with Crippen molar-refractivity contribution in [1.82, 2.24) is 9.97 Å². The third-order valence-electron chi connectivity index (χ3n) is 2.85. The number of ether oxygens (including phenoxy) is 2. The first kappa shape index (κ1) is 16.5. The number of nitrogen functional groups attached to an aromatic ring is 1. The Morgan fingerprint density at radius 3 is 2.73 bits per heavy atom. The lowest BCUT2D eigenvalue weighted by Crippen LogP contribution is -2.05. The summed E-state index contributed by atoms with van der Waals surface area (Å²) in [6.07, 6.45) is 1.34. The van der Waals surface area contributed by atoms with Crippen LogP contribution in [0.2, 0.25) is 10.0 Å². The van der Waals surface area contributed by atoms with Gasteiger partial charge in [0.2, 0.25) is 0 Å². The molecule has 0 saturated carbocycles. The zero-order valence-electron chi connectivity index (χ0n) is 12.2. The van der Waals surface area contributed by atoms with Gasteiger partial charge < -0.3 is 20.5 Å². The van der Waals surface area contributed by atoms with Crippen molar-refractivity contribution in [2.24, 2.45) is 0 Å². The molecule has 1 aromatic carbocycles. The Kier molecular flexibility index (Phi) is 5.51. The van der Waals surface area contributed by atoms with E-state index < -0.39 is 0 Å². The van der Waals surface area contributed by atoms with Gasteiger partial charge in [-0.25, -0.2) is 9.97 Å². The molecule has 0 amide bonds. The van der Waals surface area contributed by atoms with Crippen molar-refractivity contribution in [3.05, 3.63) is 34.1 Å². The predicted octanol–water partition coefficient (Wildman–Crippen LogP) is 3.39. The van der Waals surface area contributed by atoms with E-state index in [1.54, 1.807) is 13.2 Å². The summed E-state index contributed by atoms with van der Waals surface area (Å²) in [7, 11) is 1.56. The molecule has 3 N–H and O–H groups in total. The van der Waals surface area contributed by atoms with Gasteiger partial charge in [0.05, 0.1) is 18.7 Å². The molecule has 0 spiro atoms. The number of hydrogen-bond acceptors (Lipinski definition) is 6. The normalized spacial score (nSPS) is 10.4. The second-order valence-corrected chi connectivity index (χ2v) is 5.10. The SMILES string of the molecule is CCOc1c(Cl)cc(CNc2ncnc(N)c2Cl)cc1OC. The minimum atomic E-state index is 0.224. The summed E-state index contributed by atoms with van der Waals surface area (Å²) in [6.45, 7) is 2.83. The number of benzene rings is 1. The van der Waals surface area contributed by atoms with E-state index in [0.717, 1.165) is 5.56 Å². The molecule has 8 heteroatoms. The highest BCUT2D eigenvalue weighted by atomic mass is 35.5. The number of anilines is 2. The minimum Gasteiger partial charge on any atom is -0.493 e. The van der Waals surface area contributed by atoms with E-state index in [-0.39, 0.29) is 10.8 Å². The van der Waals surface area contributed by atoms with Gasteiger partial charge >= 0.3 is 0 Å². The first-order chi connectivity index (χ1) is 10.6. The van der Waals surface area contributed by atoms with Crippen molar-refractivity contribution in [2.75, 3.05) is 24.8 Å². The second-order valence-electron chi connectivity index (χ2n) is 4.32. The molecule has 0 atom stereocenters. The van der Waals surface area contributed by atoms with Gasteiger partial charge in [0.25, 0.3) is 0 Å². The predicted molar refractivity (Wildman–Crippen MR) is 88.0 cm³/mol. The summed E-state index contributed by atoms with van der Waals surface area (Å²) in [5, 5.41) is 3.84. The van der Waals surface area contributed by atoms with E-state index in [0.29, 0.717) is 35.5 Å². The quantitative estimate of drug-likeness (QED) is 0.837. The molecule has 2 aromatic rings. The van der Waals surface area contributed by atoms with Crippen LogP contribution in [0, 0.1) is 0 Å². The Bertz CT molecular complexity index is 668. The smallest absolute Gasteiger partial charge is 0.179 e. The third-order valence-corrected chi connectivity index (χ3v) is 3.51. The molecule has 2 rings (SSSR count). The van der Waals surface area contributed by atoms with Gasteiger partial charge in [-0.1, -0.05) is 23.2 Å². The molecule has 118 valence electrons. The molecule has 0 aliphatic rings. The second kappa shape index (κ2) is 7.38. The molecule has 0 saturated heterocycles. The Balaban J connectivity index is 2.20. The summed E-state index contributed by atoms with van der Waals surface area (Å²) in [4.78, 5) is 7.85. The van der Waals surface area contributed by atoms with Crippen LogP contribution >= 0.6 is 23.2 Å². The molecule has 6 nitrogen and oxygen atoms in total. The zero-order valence-corrected chi connectivity index (χ0v) is 13.7. The van der Waals surface area contributed by atoms with Gasteiger partial charge in [-0.05, 0) is 24.6 Å². The van der Waals surface area contributed by atoms with Crippen molar-refractivity contribution < 1.29 is 9.47 Å². The summed E-state index contributed by atoms with van der Waals surface area (Å²) in [5.41, 5.74) is 6.52. The Morgan fingerprint density at radius 1 is 1.27 bits per heavy atom. The minimum absolute atomic E-state index is 0.224. The Labute approximate surface area is 138 Å². The molecule has 1 aromatic heterocycles. The average molecular weight is 343 g/mol.